The number of aliphatic hydroxyl groups excluding tert-OH is 2. The van der Waals surface area contributed by atoms with Gasteiger partial charge in [0.2, 0.25) is 0 Å². The Bertz CT molecular complexity index is 459. The maximum Gasteiger partial charge on any atom is 0.191 e. The van der Waals surface area contributed by atoms with Gasteiger partial charge in [-0.15, -0.1) is 0 Å². The summed E-state index contributed by atoms with van der Waals surface area (Å²) in [6.07, 6.45) is 0.871. The summed E-state index contributed by atoms with van der Waals surface area (Å²) in [5.41, 5.74) is 0.908. The van der Waals surface area contributed by atoms with Crippen molar-refractivity contribution in [2.75, 3.05) is 32.8 Å². The number of guanidine groups is 1. The lowest BCUT2D eigenvalue weighted by molar-refractivity contribution is 0.145. The van der Waals surface area contributed by atoms with E-state index in [-0.39, 0.29) is 24.5 Å². The first kappa shape index (κ1) is 19.5. The van der Waals surface area contributed by atoms with Gasteiger partial charge in [0.05, 0.1) is 19.8 Å². The topological polar surface area (TPSA) is 76.9 Å². The van der Waals surface area contributed by atoms with Crippen molar-refractivity contribution < 1.29 is 10.2 Å². The third kappa shape index (κ3) is 6.59. The number of aliphatic hydroxyl groups is 2. The van der Waals surface area contributed by atoms with Crippen molar-refractivity contribution in [3.8, 4) is 0 Å². The van der Waals surface area contributed by atoms with Crippen LogP contribution in [0.2, 0.25) is 0 Å². The predicted molar refractivity (Wildman–Crippen MR) is 95.7 cm³/mol. The summed E-state index contributed by atoms with van der Waals surface area (Å²) in [6.45, 7) is 8.24. The van der Waals surface area contributed by atoms with Gasteiger partial charge in [0.1, 0.15) is 0 Å². The van der Waals surface area contributed by atoms with E-state index < -0.39 is 0 Å². The fourth-order valence-electron chi connectivity index (χ4n) is 2.12. The van der Waals surface area contributed by atoms with Crippen molar-refractivity contribution in [3.05, 3.63) is 35.9 Å². The highest BCUT2D eigenvalue weighted by atomic mass is 16.3. The first-order valence-electron chi connectivity index (χ1n) is 8.37. The Kier molecular flexibility index (Phi) is 8.66. The number of hydrogen-bond acceptors (Lipinski definition) is 3. The number of rotatable bonds is 9. The highest BCUT2D eigenvalue weighted by Gasteiger charge is 2.20. The predicted octanol–water partition coefficient (Wildman–Crippen LogP) is 1.73. The zero-order valence-corrected chi connectivity index (χ0v) is 14.5. The molecular formula is C18H31N3O2. The summed E-state index contributed by atoms with van der Waals surface area (Å²) in [7, 11) is 0. The van der Waals surface area contributed by atoms with E-state index in [1.54, 1.807) is 0 Å². The molecule has 5 heteroatoms. The van der Waals surface area contributed by atoms with Crippen LogP contribution in [-0.2, 0) is 0 Å². The van der Waals surface area contributed by atoms with Gasteiger partial charge < -0.3 is 20.8 Å². The van der Waals surface area contributed by atoms with E-state index in [1.807, 2.05) is 44.2 Å². The van der Waals surface area contributed by atoms with Crippen LogP contribution in [0.3, 0.4) is 0 Å². The van der Waals surface area contributed by atoms with Crippen LogP contribution in [0.4, 0.5) is 0 Å². The van der Waals surface area contributed by atoms with Crippen LogP contribution in [0.25, 0.3) is 0 Å². The molecule has 0 amide bonds. The molecule has 2 unspecified atom stereocenters. The lowest BCUT2D eigenvalue weighted by Gasteiger charge is -2.24. The summed E-state index contributed by atoms with van der Waals surface area (Å²) in [5.74, 6) is 0.741. The maximum atomic E-state index is 9.62. The molecule has 0 radical (unpaired) electrons. The molecule has 0 heterocycles. The van der Waals surface area contributed by atoms with Gasteiger partial charge in [0, 0.05) is 24.4 Å². The van der Waals surface area contributed by atoms with Gasteiger partial charge in [0.25, 0.3) is 0 Å². The molecule has 0 bridgehead atoms. The fraction of sp³-hybridized carbons (Fsp3) is 0.611. The SMILES string of the molecule is CCNC(=NCC(C)(CC)CO)NCC(CO)c1ccccc1. The summed E-state index contributed by atoms with van der Waals surface area (Å²) < 4.78 is 0. The maximum absolute atomic E-state index is 9.62. The Morgan fingerprint density at radius 2 is 1.87 bits per heavy atom. The Morgan fingerprint density at radius 3 is 2.39 bits per heavy atom. The van der Waals surface area contributed by atoms with Crippen LogP contribution in [0.5, 0.6) is 0 Å². The molecule has 5 nitrogen and oxygen atoms in total. The minimum absolute atomic E-state index is 0.0236. The molecule has 0 aliphatic carbocycles. The molecule has 1 aromatic rings. The molecule has 0 aromatic heterocycles. The summed E-state index contributed by atoms with van der Waals surface area (Å²) in [5, 5.41) is 25.6. The molecule has 130 valence electrons. The van der Waals surface area contributed by atoms with Crippen molar-refractivity contribution in [2.45, 2.75) is 33.1 Å². The van der Waals surface area contributed by atoms with Crippen LogP contribution in [0.1, 0.15) is 38.7 Å². The molecular weight excluding hydrogens is 290 g/mol. The highest BCUT2D eigenvalue weighted by Crippen LogP contribution is 2.20. The standard InChI is InChI=1S/C18H31N3O2/c1-4-18(3,14-23)13-21-17(19-5-2)20-11-16(12-22)15-9-7-6-8-10-15/h6-10,16,22-23H,4-5,11-14H2,1-3H3,(H2,19,20,21). The van der Waals surface area contributed by atoms with Gasteiger partial charge in [-0.25, -0.2) is 0 Å². The van der Waals surface area contributed by atoms with Gasteiger partial charge in [-0.2, -0.15) is 0 Å². The van der Waals surface area contributed by atoms with E-state index in [9.17, 15) is 10.2 Å². The molecule has 0 saturated heterocycles. The van der Waals surface area contributed by atoms with E-state index in [4.69, 9.17) is 0 Å². The second-order valence-electron chi connectivity index (χ2n) is 6.19. The lowest BCUT2D eigenvalue weighted by Crippen LogP contribution is -2.41. The number of nitrogens with one attached hydrogen (secondary N) is 2. The first-order chi connectivity index (χ1) is 11.1. The smallest absolute Gasteiger partial charge is 0.191 e. The Labute approximate surface area is 139 Å². The minimum Gasteiger partial charge on any atom is -0.396 e. The van der Waals surface area contributed by atoms with Crippen molar-refractivity contribution in [3.63, 3.8) is 0 Å². The van der Waals surface area contributed by atoms with Crippen LogP contribution in [-0.4, -0.2) is 49.0 Å². The molecule has 0 aliphatic rings. The molecule has 0 spiro atoms. The van der Waals surface area contributed by atoms with Crippen LogP contribution >= 0.6 is 0 Å². The van der Waals surface area contributed by atoms with Crippen LogP contribution in [0, 0.1) is 5.41 Å². The first-order valence-corrected chi connectivity index (χ1v) is 8.37. The van der Waals surface area contributed by atoms with E-state index in [0.29, 0.717) is 13.1 Å². The largest absolute Gasteiger partial charge is 0.396 e. The van der Waals surface area contributed by atoms with E-state index >= 15 is 0 Å². The molecule has 2 atom stereocenters. The van der Waals surface area contributed by atoms with Gasteiger partial charge >= 0.3 is 0 Å². The average molecular weight is 321 g/mol. The van der Waals surface area contributed by atoms with Crippen LogP contribution in [0.15, 0.2) is 35.3 Å². The van der Waals surface area contributed by atoms with Gasteiger partial charge in [0.15, 0.2) is 5.96 Å². The van der Waals surface area contributed by atoms with Gasteiger partial charge in [-0.3, -0.25) is 4.99 Å². The Balaban J connectivity index is 2.68. The molecule has 1 rings (SSSR count). The normalized spacial score (nSPS) is 15.8. The third-order valence-corrected chi connectivity index (χ3v) is 4.21. The lowest BCUT2D eigenvalue weighted by atomic mass is 9.89. The average Bonchev–Trinajstić information content (AvgIpc) is 2.60. The fourth-order valence-corrected chi connectivity index (χ4v) is 2.12. The zero-order valence-electron chi connectivity index (χ0n) is 14.5. The van der Waals surface area contributed by atoms with Gasteiger partial charge in [-0.05, 0) is 18.9 Å². The Morgan fingerprint density at radius 1 is 1.17 bits per heavy atom. The highest BCUT2D eigenvalue weighted by molar-refractivity contribution is 5.79. The quantitative estimate of drug-likeness (QED) is 0.413. The number of benzene rings is 1. The zero-order chi connectivity index (χ0) is 17.1. The van der Waals surface area contributed by atoms with E-state index in [2.05, 4.69) is 22.5 Å². The minimum atomic E-state index is -0.196. The van der Waals surface area contributed by atoms with Crippen molar-refractivity contribution in [1.29, 1.82) is 0 Å². The summed E-state index contributed by atoms with van der Waals surface area (Å²) >= 11 is 0. The van der Waals surface area contributed by atoms with E-state index in [1.165, 1.54) is 0 Å². The van der Waals surface area contributed by atoms with Gasteiger partial charge in [-0.1, -0.05) is 44.2 Å². The van der Waals surface area contributed by atoms with E-state index in [0.717, 1.165) is 24.5 Å². The number of hydrogen-bond donors (Lipinski definition) is 4. The summed E-state index contributed by atoms with van der Waals surface area (Å²) in [6, 6.07) is 9.97. The Hall–Kier alpha value is -1.59. The molecule has 0 fully saturated rings. The molecule has 0 saturated carbocycles. The molecule has 4 N–H and O–H groups in total. The monoisotopic (exact) mass is 321 g/mol. The molecule has 23 heavy (non-hydrogen) atoms. The second kappa shape index (κ2) is 10.2. The van der Waals surface area contributed by atoms with Crippen LogP contribution < -0.4 is 10.6 Å². The van der Waals surface area contributed by atoms with Crippen molar-refractivity contribution in [2.24, 2.45) is 10.4 Å². The van der Waals surface area contributed by atoms with Crippen molar-refractivity contribution >= 4 is 5.96 Å². The second-order valence-corrected chi connectivity index (χ2v) is 6.19. The third-order valence-electron chi connectivity index (χ3n) is 4.21. The van der Waals surface area contributed by atoms with Crippen molar-refractivity contribution in [1.82, 2.24) is 10.6 Å². The number of nitrogens with zero attached hydrogens (tertiary/aromatic N) is 1. The molecule has 1 aromatic carbocycles. The summed E-state index contributed by atoms with van der Waals surface area (Å²) in [4.78, 5) is 4.58. The number of aliphatic imine (C=N–C) groups is 1. The molecule has 0 aliphatic heterocycles.